The van der Waals surface area contributed by atoms with Crippen LogP contribution in [0.4, 0.5) is 0 Å². The van der Waals surface area contributed by atoms with E-state index in [9.17, 15) is 0 Å². The van der Waals surface area contributed by atoms with Crippen molar-refractivity contribution in [3.8, 4) is 23.2 Å². The highest BCUT2D eigenvalue weighted by Crippen LogP contribution is 2.28. The standard InChI is InChI=1S/C16H20N4OS/c1-11(2)10-20-15(13-5-7-14(21-4)8-6-13)18-19-16(20)22-12(3)9-17/h5-8,11-12H,10H2,1-4H3/t12-/m0/s1. The number of aromatic nitrogens is 3. The Hall–Kier alpha value is -2.00. The van der Waals surface area contributed by atoms with Gasteiger partial charge in [0.25, 0.3) is 0 Å². The third-order valence-electron chi connectivity index (χ3n) is 3.08. The fraction of sp³-hybridized carbons (Fsp3) is 0.438. The van der Waals surface area contributed by atoms with E-state index in [-0.39, 0.29) is 5.25 Å². The second kappa shape index (κ2) is 7.32. The number of thioether (sulfide) groups is 1. The number of methoxy groups -OCH3 is 1. The first-order valence-electron chi connectivity index (χ1n) is 7.19. The zero-order valence-corrected chi connectivity index (χ0v) is 14.1. The predicted molar refractivity (Wildman–Crippen MR) is 87.8 cm³/mol. The van der Waals surface area contributed by atoms with E-state index in [0.29, 0.717) is 5.92 Å². The van der Waals surface area contributed by atoms with Crippen molar-refractivity contribution in [2.45, 2.75) is 37.7 Å². The van der Waals surface area contributed by atoms with Gasteiger partial charge in [-0.3, -0.25) is 0 Å². The number of hydrogen-bond donors (Lipinski definition) is 0. The summed E-state index contributed by atoms with van der Waals surface area (Å²) < 4.78 is 7.28. The largest absolute Gasteiger partial charge is 0.497 e. The van der Waals surface area contributed by atoms with Gasteiger partial charge in [-0.2, -0.15) is 5.26 Å². The fourth-order valence-corrected chi connectivity index (χ4v) is 2.79. The molecule has 0 unspecified atom stereocenters. The molecule has 0 radical (unpaired) electrons. The normalized spacial score (nSPS) is 12.2. The molecule has 0 aliphatic heterocycles. The van der Waals surface area contributed by atoms with E-state index in [1.54, 1.807) is 7.11 Å². The van der Waals surface area contributed by atoms with Gasteiger partial charge in [-0.15, -0.1) is 10.2 Å². The average Bonchev–Trinajstić information content (AvgIpc) is 2.89. The van der Waals surface area contributed by atoms with Gasteiger partial charge in [0.1, 0.15) is 5.75 Å². The minimum Gasteiger partial charge on any atom is -0.497 e. The molecule has 2 aromatic rings. The highest BCUT2D eigenvalue weighted by atomic mass is 32.2. The van der Waals surface area contributed by atoms with Crippen LogP contribution in [0.25, 0.3) is 11.4 Å². The quantitative estimate of drug-likeness (QED) is 0.762. The van der Waals surface area contributed by atoms with Crippen LogP contribution in [0.1, 0.15) is 20.8 Å². The van der Waals surface area contributed by atoms with Crippen LogP contribution < -0.4 is 4.74 Å². The summed E-state index contributed by atoms with van der Waals surface area (Å²) in [6.45, 7) is 6.99. The van der Waals surface area contributed by atoms with Crippen molar-refractivity contribution in [2.24, 2.45) is 5.92 Å². The molecule has 1 heterocycles. The maximum Gasteiger partial charge on any atom is 0.192 e. The van der Waals surface area contributed by atoms with Gasteiger partial charge in [0.05, 0.1) is 18.4 Å². The van der Waals surface area contributed by atoms with Gasteiger partial charge < -0.3 is 9.30 Å². The Labute approximate surface area is 135 Å². The first-order valence-corrected chi connectivity index (χ1v) is 8.07. The Kier molecular flexibility index (Phi) is 5.45. The van der Waals surface area contributed by atoms with Crippen LogP contribution in [0.2, 0.25) is 0 Å². The van der Waals surface area contributed by atoms with Gasteiger partial charge in [0.2, 0.25) is 0 Å². The molecule has 1 aromatic heterocycles. The molecule has 116 valence electrons. The molecule has 0 saturated carbocycles. The van der Waals surface area contributed by atoms with Gasteiger partial charge in [0, 0.05) is 12.1 Å². The van der Waals surface area contributed by atoms with E-state index >= 15 is 0 Å². The predicted octanol–water partition coefficient (Wildman–Crippen LogP) is 3.61. The lowest BCUT2D eigenvalue weighted by Gasteiger charge is -2.13. The number of hydrogen-bond acceptors (Lipinski definition) is 5. The van der Waals surface area contributed by atoms with Gasteiger partial charge in [-0.25, -0.2) is 0 Å². The summed E-state index contributed by atoms with van der Waals surface area (Å²) in [4.78, 5) is 0. The average molecular weight is 316 g/mol. The van der Waals surface area contributed by atoms with Gasteiger partial charge in [-0.05, 0) is 37.1 Å². The molecule has 0 amide bonds. The molecular formula is C16H20N4OS. The van der Waals surface area contributed by atoms with E-state index in [1.807, 2.05) is 31.2 Å². The summed E-state index contributed by atoms with van der Waals surface area (Å²) in [5.41, 5.74) is 0.991. The maximum atomic E-state index is 9.01. The zero-order valence-electron chi connectivity index (χ0n) is 13.3. The molecule has 5 nitrogen and oxygen atoms in total. The lowest BCUT2D eigenvalue weighted by Crippen LogP contribution is -2.08. The second-order valence-corrected chi connectivity index (χ2v) is 6.74. The number of rotatable bonds is 6. The summed E-state index contributed by atoms with van der Waals surface area (Å²) in [5.74, 6) is 2.10. The van der Waals surface area contributed by atoms with Crippen molar-refractivity contribution in [3.05, 3.63) is 24.3 Å². The monoisotopic (exact) mass is 316 g/mol. The Morgan fingerprint density at radius 3 is 2.45 bits per heavy atom. The molecule has 0 aliphatic rings. The summed E-state index contributed by atoms with van der Waals surface area (Å²) in [6.07, 6.45) is 0. The molecule has 0 N–H and O–H groups in total. The molecule has 0 bridgehead atoms. The van der Waals surface area contributed by atoms with E-state index in [2.05, 4.69) is 34.7 Å². The minimum absolute atomic E-state index is 0.154. The Morgan fingerprint density at radius 1 is 1.23 bits per heavy atom. The molecule has 22 heavy (non-hydrogen) atoms. The van der Waals surface area contributed by atoms with Crippen molar-refractivity contribution in [1.82, 2.24) is 14.8 Å². The molecule has 0 aliphatic carbocycles. The smallest absolute Gasteiger partial charge is 0.192 e. The lowest BCUT2D eigenvalue weighted by molar-refractivity contribution is 0.415. The molecule has 1 atom stereocenters. The van der Waals surface area contributed by atoms with Gasteiger partial charge >= 0.3 is 0 Å². The van der Waals surface area contributed by atoms with Crippen molar-refractivity contribution >= 4 is 11.8 Å². The van der Waals surface area contributed by atoms with E-state index in [4.69, 9.17) is 10.00 Å². The van der Waals surface area contributed by atoms with Crippen molar-refractivity contribution < 1.29 is 4.74 Å². The Bertz CT molecular complexity index is 658. The Balaban J connectivity index is 2.39. The molecule has 1 aromatic carbocycles. The summed E-state index contributed by atoms with van der Waals surface area (Å²) in [6, 6.07) is 9.99. The molecular weight excluding hydrogens is 296 g/mol. The van der Waals surface area contributed by atoms with Crippen LogP contribution in [0.3, 0.4) is 0 Å². The molecule has 2 rings (SSSR count). The highest BCUT2D eigenvalue weighted by Gasteiger charge is 2.17. The van der Waals surface area contributed by atoms with Crippen molar-refractivity contribution in [2.75, 3.05) is 7.11 Å². The summed E-state index contributed by atoms with van der Waals surface area (Å²) in [7, 11) is 1.65. The number of nitrogens with zero attached hydrogens (tertiary/aromatic N) is 4. The second-order valence-electron chi connectivity index (χ2n) is 5.43. The summed E-state index contributed by atoms with van der Waals surface area (Å²) in [5, 5.41) is 18.2. The SMILES string of the molecule is COc1ccc(-c2nnc(S[C@@H](C)C#N)n2CC(C)C)cc1. The minimum atomic E-state index is -0.154. The van der Waals surface area contributed by atoms with Crippen LogP contribution in [-0.4, -0.2) is 27.1 Å². The van der Waals surface area contributed by atoms with Crippen LogP contribution >= 0.6 is 11.8 Å². The number of ether oxygens (including phenoxy) is 1. The van der Waals surface area contributed by atoms with E-state index < -0.39 is 0 Å². The summed E-state index contributed by atoms with van der Waals surface area (Å²) >= 11 is 1.44. The van der Waals surface area contributed by atoms with E-state index in [1.165, 1.54) is 11.8 Å². The van der Waals surface area contributed by atoms with Crippen LogP contribution in [0.5, 0.6) is 5.75 Å². The first-order chi connectivity index (χ1) is 10.5. The maximum absolute atomic E-state index is 9.01. The highest BCUT2D eigenvalue weighted by molar-refractivity contribution is 8.00. The van der Waals surface area contributed by atoms with Crippen molar-refractivity contribution in [1.29, 1.82) is 5.26 Å². The van der Waals surface area contributed by atoms with E-state index in [0.717, 1.165) is 28.8 Å². The molecule has 0 saturated heterocycles. The lowest BCUT2D eigenvalue weighted by atomic mass is 10.2. The van der Waals surface area contributed by atoms with Crippen LogP contribution in [0, 0.1) is 17.2 Å². The number of benzene rings is 1. The van der Waals surface area contributed by atoms with Crippen LogP contribution in [-0.2, 0) is 6.54 Å². The zero-order chi connectivity index (χ0) is 16.1. The van der Waals surface area contributed by atoms with Crippen molar-refractivity contribution in [3.63, 3.8) is 0 Å². The molecule has 0 spiro atoms. The number of nitriles is 1. The third-order valence-corrected chi connectivity index (χ3v) is 4.05. The molecule has 6 heteroatoms. The third kappa shape index (κ3) is 3.80. The van der Waals surface area contributed by atoms with Crippen LogP contribution in [0.15, 0.2) is 29.4 Å². The van der Waals surface area contributed by atoms with Gasteiger partial charge in [0.15, 0.2) is 11.0 Å². The fourth-order valence-electron chi connectivity index (χ4n) is 2.04. The topological polar surface area (TPSA) is 63.7 Å². The first kappa shape index (κ1) is 16.4. The van der Waals surface area contributed by atoms with Gasteiger partial charge in [-0.1, -0.05) is 25.6 Å². The molecule has 0 fully saturated rings. The Morgan fingerprint density at radius 2 is 1.91 bits per heavy atom.